The molecule has 108 valence electrons. The van der Waals surface area contributed by atoms with E-state index in [2.05, 4.69) is 21.5 Å². The molecule has 1 aromatic rings. The van der Waals surface area contributed by atoms with Gasteiger partial charge in [-0.2, -0.15) is 4.37 Å². The summed E-state index contributed by atoms with van der Waals surface area (Å²) >= 11 is 1.10. The molecular formula is C11H20N4O2S2. The lowest BCUT2D eigenvalue weighted by Gasteiger charge is -2.19. The Morgan fingerprint density at radius 1 is 1.53 bits per heavy atom. The maximum Gasteiger partial charge on any atom is 0.182 e. The number of hydrogen-bond acceptors (Lipinski definition) is 7. The second-order valence-corrected chi connectivity index (χ2v) is 7.51. The van der Waals surface area contributed by atoms with Gasteiger partial charge in [0.05, 0.1) is 0 Å². The van der Waals surface area contributed by atoms with Gasteiger partial charge in [-0.25, -0.2) is 8.42 Å². The first-order valence-electron chi connectivity index (χ1n) is 6.36. The fraction of sp³-hybridized carbons (Fsp3) is 0.727. The first-order chi connectivity index (χ1) is 8.93. The normalized spacial score (nSPS) is 15.9. The Kier molecular flexibility index (Phi) is 4.32. The average molecular weight is 304 g/mol. The molecule has 1 saturated carbocycles. The zero-order valence-electron chi connectivity index (χ0n) is 11.2. The Balaban J connectivity index is 1.96. The van der Waals surface area contributed by atoms with Crippen molar-refractivity contribution in [1.29, 1.82) is 0 Å². The molecule has 1 fully saturated rings. The smallest absolute Gasteiger partial charge is 0.182 e. The second-order valence-electron chi connectivity index (χ2n) is 4.78. The van der Waals surface area contributed by atoms with Gasteiger partial charge in [0.1, 0.15) is 9.90 Å². The van der Waals surface area contributed by atoms with Crippen molar-refractivity contribution in [2.75, 3.05) is 36.9 Å². The molecule has 0 aromatic carbocycles. The number of aromatic nitrogens is 1. The highest BCUT2D eigenvalue weighted by atomic mass is 32.2. The molecule has 0 aliphatic heterocycles. The second kappa shape index (κ2) is 5.64. The minimum Gasteiger partial charge on any atom is -0.382 e. The van der Waals surface area contributed by atoms with E-state index in [0.717, 1.165) is 30.9 Å². The molecule has 0 bridgehead atoms. The number of nitrogen functional groups attached to an aromatic ring is 1. The Morgan fingerprint density at radius 3 is 2.74 bits per heavy atom. The van der Waals surface area contributed by atoms with E-state index in [1.807, 2.05) is 0 Å². The van der Waals surface area contributed by atoms with Crippen molar-refractivity contribution in [1.82, 2.24) is 9.27 Å². The van der Waals surface area contributed by atoms with Crippen molar-refractivity contribution in [3.05, 3.63) is 0 Å². The summed E-state index contributed by atoms with van der Waals surface area (Å²) in [6.07, 6.45) is 3.70. The van der Waals surface area contributed by atoms with Crippen LogP contribution in [0.2, 0.25) is 0 Å². The third-order valence-corrected chi connectivity index (χ3v) is 5.30. The summed E-state index contributed by atoms with van der Waals surface area (Å²) in [7, 11) is -3.33. The maximum absolute atomic E-state index is 11.6. The molecule has 8 heteroatoms. The van der Waals surface area contributed by atoms with Crippen molar-refractivity contribution >= 4 is 32.2 Å². The summed E-state index contributed by atoms with van der Waals surface area (Å²) in [4.78, 5) is 2.53. The van der Waals surface area contributed by atoms with Crippen LogP contribution in [0.3, 0.4) is 0 Å². The van der Waals surface area contributed by atoms with Crippen molar-refractivity contribution in [2.45, 2.75) is 30.7 Å². The van der Waals surface area contributed by atoms with Gasteiger partial charge in [0.15, 0.2) is 15.7 Å². The van der Waals surface area contributed by atoms with E-state index in [4.69, 9.17) is 5.73 Å². The van der Waals surface area contributed by atoms with Gasteiger partial charge in [0.25, 0.3) is 0 Å². The topological polar surface area (TPSA) is 88.3 Å². The molecule has 0 saturated heterocycles. The van der Waals surface area contributed by atoms with Crippen LogP contribution >= 0.6 is 11.5 Å². The maximum atomic E-state index is 11.6. The van der Waals surface area contributed by atoms with Crippen molar-refractivity contribution < 1.29 is 8.42 Å². The molecule has 0 atom stereocenters. The molecule has 1 aromatic heterocycles. The van der Waals surface area contributed by atoms with Crippen LogP contribution in [0.25, 0.3) is 0 Å². The third kappa shape index (κ3) is 3.58. The van der Waals surface area contributed by atoms with Gasteiger partial charge < -0.3 is 11.1 Å². The monoisotopic (exact) mass is 304 g/mol. The summed E-state index contributed by atoms with van der Waals surface area (Å²) in [5.41, 5.74) is 5.61. The summed E-state index contributed by atoms with van der Waals surface area (Å²) < 4.78 is 27.2. The van der Waals surface area contributed by atoms with Gasteiger partial charge >= 0.3 is 0 Å². The Bertz CT molecular complexity index is 537. The first-order valence-corrected chi connectivity index (χ1v) is 9.03. The molecule has 0 unspecified atom stereocenters. The van der Waals surface area contributed by atoms with E-state index < -0.39 is 9.84 Å². The van der Waals surface area contributed by atoms with E-state index >= 15 is 0 Å². The molecule has 0 spiro atoms. The van der Waals surface area contributed by atoms with E-state index in [1.54, 1.807) is 0 Å². The van der Waals surface area contributed by atoms with Crippen molar-refractivity contribution in [2.24, 2.45) is 0 Å². The summed E-state index contributed by atoms with van der Waals surface area (Å²) in [6.45, 7) is 4.78. The molecule has 1 heterocycles. The third-order valence-electron chi connectivity index (χ3n) is 3.20. The highest BCUT2D eigenvalue weighted by Crippen LogP contribution is 2.31. The Labute approximate surface area is 118 Å². The minimum atomic E-state index is -3.33. The van der Waals surface area contributed by atoms with Crippen LogP contribution in [-0.4, -0.2) is 49.6 Å². The quantitative estimate of drug-likeness (QED) is 0.782. The van der Waals surface area contributed by atoms with Crippen molar-refractivity contribution in [3.8, 4) is 0 Å². The van der Waals surface area contributed by atoms with Gasteiger partial charge in [-0.3, -0.25) is 4.90 Å². The lowest BCUT2D eigenvalue weighted by Crippen LogP contribution is -2.30. The van der Waals surface area contributed by atoms with Crippen LogP contribution in [0.15, 0.2) is 4.90 Å². The molecule has 6 nitrogen and oxygen atoms in total. The van der Waals surface area contributed by atoms with E-state index in [9.17, 15) is 8.42 Å². The van der Waals surface area contributed by atoms with Crippen LogP contribution < -0.4 is 11.1 Å². The van der Waals surface area contributed by atoms with Crippen LogP contribution in [0.1, 0.15) is 19.8 Å². The van der Waals surface area contributed by atoms with Crippen LogP contribution in [0.4, 0.5) is 10.8 Å². The molecule has 0 radical (unpaired) electrons. The Hall–Kier alpha value is -0.860. The minimum absolute atomic E-state index is 0.0875. The summed E-state index contributed by atoms with van der Waals surface area (Å²) in [5, 5.41) is 3.69. The predicted molar refractivity (Wildman–Crippen MR) is 78.4 cm³/mol. The molecule has 1 aliphatic carbocycles. The lowest BCUT2D eigenvalue weighted by atomic mass is 10.4. The zero-order chi connectivity index (χ0) is 14.0. The molecule has 1 aliphatic rings. The summed E-state index contributed by atoms with van der Waals surface area (Å²) in [5.74, 6) is 0.0875. The SMILES string of the molecule is CCN(CCNc1snc(N)c1S(C)(=O)=O)C1CC1. The molecule has 0 amide bonds. The molecule has 2 rings (SSSR count). The standard InChI is InChI=1S/C11H20N4O2S2/c1-3-15(8-4-5-8)7-6-13-11-9(19(2,16)17)10(12)14-18-11/h8,13H,3-7H2,1-2H3,(H2,12,14). The van der Waals surface area contributed by atoms with Gasteiger partial charge in [-0.15, -0.1) is 0 Å². The number of hydrogen-bond donors (Lipinski definition) is 2. The number of sulfone groups is 1. The highest BCUT2D eigenvalue weighted by molar-refractivity contribution is 7.91. The number of nitrogens with one attached hydrogen (secondary N) is 1. The van der Waals surface area contributed by atoms with Crippen LogP contribution in [0.5, 0.6) is 0 Å². The molecular weight excluding hydrogens is 284 g/mol. The lowest BCUT2D eigenvalue weighted by molar-refractivity contribution is 0.289. The van der Waals surface area contributed by atoms with Gasteiger partial charge in [0.2, 0.25) is 0 Å². The van der Waals surface area contributed by atoms with Crippen LogP contribution in [-0.2, 0) is 9.84 Å². The van der Waals surface area contributed by atoms with Gasteiger partial charge in [-0.1, -0.05) is 6.92 Å². The largest absolute Gasteiger partial charge is 0.382 e. The number of nitrogens with two attached hydrogens (primary N) is 1. The van der Waals surface area contributed by atoms with Crippen LogP contribution in [0, 0.1) is 0 Å². The Morgan fingerprint density at radius 2 is 2.21 bits per heavy atom. The number of nitrogens with zero attached hydrogens (tertiary/aromatic N) is 2. The zero-order valence-corrected chi connectivity index (χ0v) is 12.9. The fourth-order valence-corrected chi connectivity index (χ4v) is 4.21. The van der Waals surface area contributed by atoms with E-state index in [1.165, 1.54) is 12.8 Å². The van der Waals surface area contributed by atoms with E-state index in [-0.39, 0.29) is 10.7 Å². The van der Waals surface area contributed by atoms with Gasteiger partial charge in [-0.05, 0) is 30.9 Å². The van der Waals surface area contributed by atoms with Gasteiger partial charge in [0, 0.05) is 25.4 Å². The highest BCUT2D eigenvalue weighted by Gasteiger charge is 2.27. The first kappa shape index (κ1) is 14.5. The van der Waals surface area contributed by atoms with E-state index in [0.29, 0.717) is 17.6 Å². The number of likely N-dealkylation sites (N-methyl/N-ethyl adjacent to an activating group) is 1. The summed E-state index contributed by atoms with van der Waals surface area (Å²) in [6, 6.07) is 0.715. The predicted octanol–water partition coefficient (Wildman–Crippen LogP) is 1.03. The average Bonchev–Trinajstić information content (AvgIpc) is 3.07. The number of anilines is 2. The molecule has 19 heavy (non-hydrogen) atoms. The molecule has 3 N–H and O–H groups in total. The van der Waals surface area contributed by atoms with Crippen molar-refractivity contribution in [3.63, 3.8) is 0 Å². The fourth-order valence-electron chi connectivity index (χ4n) is 2.12. The number of rotatable bonds is 7.